The van der Waals surface area contributed by atoms with Gasteiger partial charge in [-0.3, -0.25) is 0 Å². The molecule has 4 heteroatoms. The molecule has 1 aromatic heterocycles. The van der Waals surface area contributed by atoms with Gasteiger partial charge in [0.1, 0.15) is 0 Å². The summed E-state index contributed by atoms with van der Waals surface area (Å²) in [5, 5.41) is 8.64. The van der Waals surface area contributed by atoms with E-state index in [0.717, 1.165) is 11.3 Å². The number of nitriles is 1. The number of aromatic nitrogens is 2. The van der Waals surface area contributed by atoms with Crippen LogP contribution in [0.1, 0.15) is 30.0 Å². The Balaban J connectivity index is 2.34. The first kappa shape index (κ1) is 8.95. The summed E-state index contributed by atoms with van der Waals surface area (Å²) in [7, 11) is 1.55. The van der Waals surface area contributed by atoms with E-state index in [-0.39, 0.29) is 0 Å². The van der Waals surface area contributed by atoms with E-state index in [0.29, 0.717) is 18.3 Å². The van der Waals surface area contributed by atoms with E-state index in [9.17, 15) is 0 Å². The second-order valence-electron chi connectivity index (χ2n) is 3.38. The zero-order chi connectivity index (χ0) is 9.97. The zero-order valence-corrected chi connectivity index (χ0v) is 8.03. The van der Waals surface area contributed by atoms with Crippen molar-refractivity contribution in [2.45, 2.75) is 25.2 Å². The highest BCUT2D eigenvalue weighted by atomic mass is 16.5. The molecule has 0 bridgehead atoms. The molecule has 72 valence electrons. The highest BCUT2D eigenvalue weighted by Gasteiger charge is 2.28. The molecule has 0 atom stereocenters. The standard InChI is InChI=1S/C10H11N3O/c1-14-10-12-6-8(4-5-11)9(13-10)7-2-3-7/h6-7H,2-4H2,1H3. The van der Waals surface area contributed by atoms with Crippen molar-refractivity contribution in [3.05, 3.63) is 17.5 Å². The number of rotatable bonds is 3. The molecule has 1 heterocycles. The third-order valence-electron chi connectivity index (χ3n) is 2.29. The average Bonchev–Trinajstić information content (AvgIpc) is 3.02. The van der Waals surface area contributed by atoms with Crippen molar-refractivity contribution in [2.24, 2.45) is 0 Å². The fraction of sp³-hybridized carbons (Fsp3) is 0.500. The lowest BCUT2D eigenvalue weighted by molar-refractivity contribution is 0.377. The first-order valence-corrected chi connectivity index (χ1v) is 4.62. The molecule has 0 saturated heterocycles. The number of methoxy groups -OCH3 is 1. The molecule has 2 rings (SSSR count). The third kappa shape index (κ3) is 1.67. The maximum atomic E-state index is 8.64. The average molecular weight is 189 g/mol. The molecule has 0 unspecified atom stereocenters. The highest BCUT2D eigenvalue weighted by Crippen LogP contribution is 2.40. The summed E-state index contributed by atoms with van der Waals surface area (Å²) in [6.07, 6.45) is 4.41. The fourth-order valence-corrected chi connectivity index (χ4v) is 1.43. The molecule has 1 aliphatic rings. The minimum atomic E-state index is 0.385. The molecule has 1 aromatic rings. The van der Waals surface area contributed by atoms with E-state index in [4.69, 9.17) is 10.00 Å². The van der Waals surface area contributed by atoms with Gasteiger partial charge in [-0.2, -0.15) is 10.2 Å². The Kier molecular flexibility index (Phi) is 2.32. The van der Waals surface area contributed by atoms with Gasteiger partial charge in [-0.25, -0.2) is 4.98 Å². The van der Waals surface area contributed by atoms with Gasteiger partial charge in [0.05, 0.1) is 25.3 Å². The molecule has 0 aliphatic heterocycles. The summed E-state index contributed by atoms with van der Waals surface area (Å²) in [5.41, 5.74) is 1.94. The normalized spacial score (nSPS) is 14.9. The van der Waals surface area contributed by atoms with Crippen LogP contribution >= 0.6 is 0 Å². The Labute approximate surface area is 82.6 Å². The summed E-state index contributed by atoms with van der Waals surface area (Å²) >= 11 is 0. The largest absolute Gasteiger partial charge is 0.467 e. The van der Waals surface area contributed by atoms with Gasteiger partial charge < -0.3 is 4.74 Å². The van der Waals surface area contributed by atoms with Crippen molar-refractivity contribution >= 4 is 0 Å². The molecule has 1 saturated carbocycles. The Morgan fingerprint density at radius 2 is 2.43 bits per heavy atom. The van der Waals surface area contributed by atoms with Gasteiger partial charge in [-0.15, -0.1) is 0 Å². The van der Waals surface area contributed by atoms with Crippen LogP contribution in [-0.2, 0) is 6.42 Å². The lowest BCUT2D eigenvalue weighted by Gasteiger charge is -2.05. The first-order valence-electron chi connectivity index (χ1n) is 4.62. The predicted octanol–water partition coefficient (Wildman–Crippen LogP) is 1.43. The second-order valence-corrected chi connectivity index (χ2v) is 3.38. The maximum Gasteiger partial charge on any atom is 0.316 e. The summed E-state index contributed by atoms with van der Waals surface area (Å²) in [6.45, 7) is 0. The quantitative estimate of drug-likeness (QED) is 0.721. The molecule has 0 spiro atoms. The SMILES string of the molecule is COc1ncc(CC#N)c(C2CC2)n1. The molecule has 0 amide bonds. The van der Waals surface area contributed by atoms with Crippen molar-refractivity contribution in [1.29, 1.82) is 5.26 Å². The monoisotopic (exact) mass is 189 g/mol. The molecule has 0 N–H and O–H groups in total. The summed E-state index contributed by atoms with van der Waals surface area (Å²) in [6, 6.07) is 2.52. The van der Waals surface area contributed by atoms with Crippen LogP contribution in [0.2, 0.25) is 0 Å². The Bertz CT molecular complexity index is 379. The van der Waals surface area contributed by atoms with Gasteiger partial charge in [-0.1, -0.05) is 0 Å². The molecular weight excluding hydrogens is 178 g/mol. The van der Waals surface area contributed by atoms with E-state index in [1.54, 1.807) is 13.3 Å². The van der Waals surface area contributed by atoms with Gasteiger partial charge in [0.25, 0.3) is 0 Å². The van der Waals surface area contributed by atoms with Crippen LogP contribution < -0.4 is 4.74 Å². The second kappa shape index (κ2) is 3.62. The molecule has 1 aliphatic carbocycles. The van der Waals surface area contributed by atoms with Crippen LogP contribution in [0.15, 0.2) is 6.20 Å². The molecular formula is C10H11N3O. The Morgan fingerprint density at radius 1 is 1.64 bits per heavy atom. The van der Waals surface area contributed by atoms with Crippen LogP contribution in [0.4, 0.5) is 0 Å². The Morgan fingerprint density at radius 3 is 3.00 bits per heavy atom. The van der Waals surface area contributed by atoms with Gasteiger partial charge in [0.2, 0.25) is 0 Å². The van der Waals surface area contributed by atoms with Crippen molar-refractivity contribution < 1.29 is 4.74 Å². The minimum Gasteiger partial charge on any atom is -0.467 e. The molecule has 0 aromatic carbocycles. The van der Waals surface area contributed by atoms with Gasteiger partial charge in [0.15, 0.2) is 0 Å². The summed E-state index contributed by atoms with van der Waals surface area (Å²) in [4.78, 5) is 8.29. The van der Waals surface area contributed by atoms with Crippen LogP contribution in [-0.4, -0.2) is 17.1 Å². The molecule has 4 nitrogen and oxygen atoms in total. The highest BCUT2D eigenvalue weighted by molar-refractivity contribution is 5.28. The van der Waals surface area contributed by atoms with E-state index in [1.165, 1.54) is 12.8 Å². The molecule has 0 radical (unpaired) electrons. The molecule has 14 heavy (non-hydrogen) atoms. The lowest BCUT2D eigenvalue weighted by Crippen LogP contribution is -2.00. The Hall–Kier alpha value is -1.63. The fourth-order valence-electron chi connectivity index (χ4n) is 1.43. The van der Waals surface area contributed by atoms with Gasteiger partial charge in [-0.05, 0) is 12.8 Å². The molecule has 1 fully saturated rings. The van der Waals surface area contributed by atoms with Crippen molar-refractivity contribution in [2.75, 3.05) is 7.11 Å². The van der Waals surface area contributed by atoms with E-state index >= 15 is 0 Å². The van der Waals surface area contributed by atoms with Crippen LogP contribution in [0.5, 0.6) is 6.01 Å². The van der Waals surface area contributed by atoms with Crippen LogP contribution in [0.25, 0.3) is 0 Å². The summed E-state index contributed by atoms with van der Waals surface area (Å²) in [5.74, 6) is 0.523. The third-order valence-corrected chi connectivity index (χ3v) is 2.29. The summed E-state index contributed by atoms with van der Waals surface area (Å²) < 4.78 is 4.96. The smallest absolute Gasteiger partial charge is 0.316 e. The van der Waals surface area contributed by atoms with Gasteiger partial charge >= 0.3 is 6.01 Å². The number of hydrogen-bond acceptors (Lipinski definition) is 4. The van der Waals surface area contributed by atoms with Crippen molar-refractivity contribution in [1.82, 2.24) is 9.97 Å². The van der Waals surface area contributed by atoms with Crippen LogP contribution in [0, 0.1) is 11.3 Å². The van der Waals surface area contributed by atoms with Gasteiger partial charge in [0, 0.05) is 17.7 Å². The zero-order valence-electron chi connectivity index (χ0n) is 8.03. The topological polar surface area (TPSA) is 58.8 Å². The van der Waals surface area contributed by atoms with Crippen molar-refractivity contribution in [3.63, 3.8) is 0 Å². The number of ether oxygens (including phenoxy) is 1. The number of nitrogens with zero attached hydrogens (tertiary/aromatic N) is 3. The minimum absolute atomic E-state index is 0.385. The van der Waals surface area contributed by atoms with E-state index in [2.05, 4.69) is 16.0 Å². The van der Waals surface area contributed by atoms with E-state index in [1.807, 2.05) is 0 Å². The maximum absolute atomic E-state index is 8.64. The predicted molar refractivity (Wildman–Crippen MR) is 49.9 cm³/mol. The lowest BCUT2D eigenvalue weighted by atomic mass is 10.1. The first-order chi connectivity index (χ1) is 6.85. The number of hydrogen-bond donors (Lipinski definition) is 0. The van der Waals surface area contributed by atoms with E-state index < -0.39 is 0 Å². The van der Waals surface area contributed by atoms with Crippen molar-refractivity contribution in [3.8, 4) is 12.1 Å². The van der Waals surface area contributed by atoms with Crippen LogP contribution in [0.3, 0.4) is 0 Å².